The molecule has 0 saturated carbocycles. The van der Waals surface area contributed by atoms with Crippen LogP contribution < -0.4 is 10.2 Å². The van der Waals surface area contributed by atoms with Crippen LogP contribution in [0.2, 0.25) is 0 Å². The molecule has 1 fully saturated rings. The van der Waals surface area contributed by atoms with Gasteiger partial charge in [0, 0.05) is 20.1 Å². The van der Waals surface area contributed by atoms with Gasteiger partial charge in [0.1, 0.15) is 11.9 Å². The predicted molar refractivity (Wildman–Crippen MR) is 123 cm³/mol. The molecule has 0 aliphatic carbocycles. The Labute approximate surface area is 213 Å². The third-order valence-electron chi connectivity index (χ3n) is 5.42. The summed E-state index contributed by atoms with van der Waals surface area (Å²) in [6.07, 6.45) is 0.0493. The first-order valence-electron chi connectivity index (χ1n) is 11.0. The molecule has 1 aliphatic rings. The maximum absolute atomic E-state index is 13.9. The van der Waals surface area contributed by atoms with Crippen molar-refractivity contribution in [1.29, 1.82) is 5.26 Å². The molecule has 3 aromatic heterocycles. The molecule has 1 atom stereocenters. The fraction of sp³-hybridized carbons (Fsp3) is 0.273. The summed E-state index contributed by atoms with van der Waals surface area (Å²) in [5, 5.41) is 19.6. The Balaban J connectivity index is 1.46. The first-order chi connectivity index (χ1) is 18.2. The van der Waals surface area contributed by atoms with E-state index < -0.39 is 36.1 Å². The quantitative estimate of drug-likeness (QED) is 0.225. The molecule has 38 heavy (non-hydrogen) atoms. The number of hydrogen-bond donors (Lipinski definition) is 1. The van der Waals surface area contributed by atoms with Crippen molar-refractivity contribution in [1.82, 2.24) is 29.9 Å². The van der Waals surface area contributed by atoms with Crippen LogP contribution in [-0.2, 0) is 16.5 Å². The van der Waals surface area contributed by atoms with Gasteiger partial charge >= 0.3 is 18.3 Å². The van der Waals surface area contributed by atoms with E-state index in [1.165, 1.54) is 35.7 Å². The van der Waals surface area contributed by atoms with Gasteiger partial charge in [0.15, 0.2) is 17.7 Å². The van der Waals surface area contributed by atoms with E-state index in [2.05, 4.69) is 25.6 Å². The van der Waals surface area contributed by atoms with E-state index in [4.69, 9.17) is 9.47 Å². The zero-order valence-electron chi connectivity index (χ0n) is 20.0. The number of ether oxygens (including phenoxy) is 2. The van der Waals surface area contributed by atoms with Gasteiger partial charge in [-0.15, -0.1) is 5.10 Å². The predicted octanol–water partition coefficient (Wildman–Crippen LogP) is 3.11. The van der Waals surface area contributed by atoms with Gasteiger partial charge in [0.25, 0.3) is 0 Å². The summed E-state index contributed by atoms with van der Waals surface area (Å²) in [6.45, 7) is 2.27. The molecule has 0 bridgehead atoms. The summed E-state index contributed by atoms with van der Waals surface area (Å²) >= 11 is 0. The van der Waals surface area contributed by atoms with Crippen LogP contribution in [0.15, 0.2) is 30.6 Å². The van der Waals surface area contributed by atoms with Crippen molar-refractivity contribution in [2.75, 3.05) is 23.3 Å². The Morgan fingerprint density at radius 3 is 2.61 bits per heavy atom. The lowest BCUT2D eigenvalue weighted by Crippen LogP contribution is -2.44. The molecule has 196 valence electrons. The average Bonchev–Trinajstić information content (AvgIpc) is 3.20. The first kappa shape index (κ1) is 25.9. The topological polar surface area (TPSA) is 168 Å². The number of carbonyl (C=O) groups excluding carboxylic acids is 3. The number of amides is 3. The standard InChI is InChI=1S/C22H19F2N9O5/c1-12(15-8-13(23)9-27-18(15)24)37-20(34)28-19-17(29-30-31(19)2)16-5-4-14(10-26-16)33(11-25)22(36)38-21(35)32-6-3-7-32/h4-5,8-10,12H,3,6-7H2,1-2H3,(H,28,34)/t12-/m1/s1. The summed E-state index contributed by atoms with van der Waals surface area (Å²) in [5.74, 6) is -1.73. The Bertz CT molecular complexity index is 1420. The number of aromatic nitrogens is 5. The molecule has 1 N–H and O–H groups in total. The van der Waals surface area contributed by atoms with Crippen molar-refractivity contribution in [3.63, 3.8) is 0 Å². The van der Waals surface area contributed by atoms with Crippen molar-refractivity contribution in [2.24, 2.45) is 7.05 Å². The van der Waals surface area contributed by atoms with Crippen LogP contribution in [0.4, 0.5) is 34.7 Å². The zero-order chi connectivity index (χ0) is 27.4. The van der Waals surface area contributed by atoms with Gasteiger partial charge in [-0.05, 0) is 31.5 Å². The van der Waals surface area contributed by atoms with E-state index in [9.17, 15) is 28.4 Å². The third kappa shape index (κ3) is 5.46. The summed E-state index contributed by atoms with van der Waals surface area (Å²) in [4.78, 5) is 45.9. The van der Waals surface area contributed by atoms with Gasteiger partial charge < -0.3 is 14.4 Å². The van der Waals surface area contributed by atoms with Gasteiger partial charge in [-0.2, -0.15) is 14.6 Å². The number of nitriles is 1. The molecule has 3 aromatic rings. The van der Waals surface area contributed by atoms with E-state index in [0.29, 0.717) is 24.2 Å². The van der Waals surface area contributed by atoms with Crippen molar-refractivity contribution in [2.45, 2.75) is 19.4 Å². The SMILES string of the molecule is C[C@@H](OC(=O)Nc1c(-c2ccc(N(C#N)C(=O)OC(=O)N3CCC3)cn2)nnn1C)c1cc(F)cnc1F. The van der Waals surface area contributed by atoms with E-state index in [0.717, 1.165) is 18.7 Å². The molecular weight excluding hydrogens is 508 g/mol. The van der Waals surface area contributed by atoms with E-state index >= 15 is 0 Å². The normalized spacial score (nSPS) is 13.1. The summed E-state index contributed by atoms with van der Waals surface area (Å²) in [7, 11) is 1.47. The number of carbonyl (C=O) groups is 3. The summed E-state index contributed by atoms with van der Waals surface area (Å²) < 4.78 is 38.4. The fourth-order valence-corrected chi connectivity index (χ4v) is 3.29. The molecule has 0 radical (unpaired) electrons. The van der Waals surface area contributed by atoms with Gasteiger partial charge in [0.05, 0.1) is 29.3 Å². The molecule has 1 saturated heterocycles. The van der Waals surface area contributed by atoms with Crippen molar-refractivity contribution < 1.29 is 32.6 Å². The maximum Gasteiger partial charge on any atom is 0.436 e. The highest BCUT2D eigenvalue weighted by molar-refractivity contribution is 5.96. The molecule has 0 spiro atoms. The molecule has 16 heteroatoms. The number of aryl methyl sites for hydroxylation is 1. The first-order valence-corrected chi connectivity index (χ1v) is 11.0. The van der Waals surface area contributed by atoms with Gasteiger partial charge in [-0.25, -0.2) is 28.4 Å². The maximum atomic E-state index is 13.9. The molecule has 4 heterocycles. The Morgan fingerprint density at radius 2 is 1.97 bits per heavy atom. The minimum atomic E-state index is -1.19. The van der Waals surface area contributed by atoms with E-state index in [1.54, 1.807) is 6.19 Å². The Morgan fingerprint density at radius 1 is 1.21 bits per heavy atom. The molecular formula is C22H19F2N9O5. The van der Waals surface area contributed by atoms with Crippen molar-refractivity contribution >= 4 is 29.8 Å². The smallest absolute Gasteiger partial charge is 0.436 e. The Hall–Kier alpha value is -5.20. The second-order valence-electron chi connectivity index (χ2n) is 7.93. The molecule has 0 unspecified atom stereocenters. The van der Waals surface area contributed by atoms with Crippen LogP contribution in [0, 0.1) is 23.2 Å². The number of halogens is 2. The molecule has 3 amide bonds. The lowest BCUT2D eigenvalue weighted by molar-refractivity contribution is 0.101. The lowest BCUT2D eigenvalue weighted by atomic mass is 10.2. The van der Waals surface area contributed by atoms with E-state index in [-0.39, 0.29) is 28.5 Å². The fourth-order valence-electron chi connectivity index (χ4n) is 3.29. The number of nitrogens with one attached hydrogen (secondary N) is 1. The summed E-state index contributed by atoms with van der Waals surface area (Å²) in [6, 6.07) is 3.60. The van der Waals surface area contributed by atoms with Gasteiger partial charge in [-0.1, -0.05) is 5.21 Å². The van der Waals surface area contributed by atoms with E-state index in [1.807, 2.05) is 0 Å². The second-order valence-corrected chi connectivity index (χ2v) is 7.93. The van der Waals surface area contributed by atoms with Crippen LogP contribution in [0.5, 0.6) is 0 Å². The van der Waals surface area contributed by atoms with Crippen LogP contribution >= 0.6 is 0 Å². The van der Waals surface area contributed by atoms with Crippen LogP contribution in [0.3, 0.4) is 0 Å². The minimum absolute atomic E-state index is 0.00928. The third-order valence-corrected chi connectivity index (χ3v) is 5.42. The van der Waals surface area contributed by atoms with Crippen LogP contribution in [0.25, 0.3) is 11.4 Å². The monoisotopic (exact) mass is 527 g/mol. The average molecular weight is 527 g/mol. The molecule has 1 aliphatic heterocycles. The number of rotatable bonds is 5. The highest BCUT2D eigenvalue weighted by Gasteiger charge is 2.28. The summed E-state index contributed by atoms with van der Waals surface area (Å²) in [5.41, 5.74) is 0.0396. The number of anilines is 2. The Kier molecular flexibility index (Phi) is 7.37. The molecule has 0 aromatic carbocycles. The second kappa shape index (κ2) is 10.8. The number of nitrogens with zero attached hydrogens (tertiary/aromatic N) is 8. The zero-order valence-corrected chi connectivity index (χ0v) is 20.0. The van der Waals surface area contributed by atoms with Gasteiger partial charge in [0.2, 0.25) is 5.95 Å². The molecule has 14 nitrogen and oxygen atoms in total. The van der Waals surface area contributed by atoms with Crippen LogP contribution in [-0.4, -0.2) is 61.2 Å². The number of likely N-dealkylation sites (tertiary alicyclic amines) is 1. The number of hydrogen-bond acceptors (Lipinski definition) is 10. The lowest BCUT2D eigenvalue weighted by Gasteiger charge is -2.29. The minimum Gasteiger partial charge on any atom is -0.441 e. The number of pyridine rings is 2. The molecule has 4 rings (SSSR count). The van der Waals surface area contributed by atoms with Gasteiger partial charge in [-0.3, -0.25) is 10.3 Å². The largest absolute Gasteiger partial charge is 0.441 e. The van der Waals surface area contributed by atoms with Crippen LogP contribution in [0.1, 0.15) is 25.0 Å². The highest BCUT2D eigenvalue weighted by atomic mass is 19.1. The van der Waals surface area contributed by atoms with Crippen molar-refractivity contribution in [3.05, 3.63) is 47.9 Å². The highest BCUT2D eigenvalue weighted by Crippen LogP contribution is 2.27. The van der Waals surface area contributed by atoms with Crippen molar-refractivity contribution in [3.8, 4) is 17.6 Å².